The average molecular weight is 515 g/mol. The van der Waals surface area contributed by atoms with E-state index in [0.717, 1.165) is 39.6 Å². The van der Waals surface area contributed by atoms with E-state index >= 15 is 0 Å². The summed E-state index contributed by atoms with van der Waals surface area (Å²) < 4.78 is 6.53. The van der Waals surface area contributed by atoms with E-state index in [1.165, 1.54) is 5.57 Å². The number of benzene rings is 2. The molecule has 1 aliphatic heterocycles. The fraction of sp³-hybridized carbons (Fsp3) is 0.280. The van der Waals surface area contributed by atoms with Crippen LogP contribution in [-0.2, 0) is 0 Å². The zero-order chi connectivity index (χ0) is 23.0. The molecule has 0 bridgehead atoms. The van der Waals surface area contributed by atoms with Crippen LogP contribution in [0.3, 0.4) is 0 Å². The summed E-state index contributed by atoms with van der Waals surface area (Å²) in [6.45, 7) is 9.65. The Kier molecular flexibility index (Phi) is 6.19. The number of anilines is 1. The van der Waals surface area contributed by atoms with Crippen molar-refractivity contribution in [1.29, 1.82) is 0 Å². The molecule has 1 N–H and O–H groups in total. The van der Waals surface area contributed by atoms with E-state index in [9.17, 15) is 4.79 Å². The second-order valence-electron chi connectivity index (χ2n) is 8.52. The van der Waals surface area contributed by atoms with Crippen molar-refractivity contribution in [3.8, 4) is 0 Å². The molecule has 0 fully saturated rings. The van der Waals surface area contributed by atoms with Crippen molar-refractivity contribution in [2.75, 3.05) is 11.4 Å². The van der Waals surface area contributed by atoms with Crippen LogP contribution in [-0.4, -0.2) is 24.2 Å². The van der Waals surface area contributed by atoms with Crippen molar-refractivity contribution < 1.29 is 9.21 Å². The monoisotopic (exact) mass is 513 g/mol. The third-order valence-corrected chi connectivity index (χ3v) is 6.44. The first kappa shape index (κ1) is 22.6. The van der Waals surface area contributed by atoms with Crippen LogP contribution in [0.5, 0.6) is 0 Å². The Bertz CT molecular complexity index is 1260. The third kappa shape index (κ3) is 4.34. The van der Waals surface area contributed by atoms with Crippen LogP contribution in [0.25, 0.3) is 16.5 Å². The van der Waals surface area contributed by atoms with Crippen molar-refractivity contribution in [3.05, 3.63) is 68.9 Å². The maximum Gasteiger partial charge on any atom is 0.307 e. The predicted octanol–water partition coefficient (Wildman–Crippen LogP) is 7.02. The molecule has 166 valence electrons. The van der Waals surface area contributed by atoms with E-state index in [-0.39, 0.29) is 11.3 Å². The maximum atomic E-state index is 12.5. The second kappa shape index (κ2) is 8.75. The molecular formula is C25H25BrClN3O2. The zero-order valence-corrected chi connectivity index (χ0v) is 20.8. The van der Waals surface area contributed by atoms with Gasteiger partial charge in [-0.3, -0.25) is 4.79 Å². The summed E-state index contributed by atoms with van der Waals surface area (Å²) in [6.07, 6.45) is 4.89. The molecule has 0 saturated carbocycles. The molecule has 3 aromatic rings. The molecule has 32 heavy (non-hydrogen) atoms. The van der Waals surface area contributed by atoms with Crippen LogP contribution in [0.1, 0.15) is 55.8 Å². The first-order valence-electron chi connectivity index (χ1n) is 10.5. The number of hydrogen-bond acceptors (Lipinski definition) is 4. The molecule has 0 atom stereocenters. The van der Waals surface area contributed by atoms with Crippen LogP contribution < -0.4 is 10.3 Å². The van der Waals surface area contributed by atoms with Gasteiger partial charge in [0.05, 0.1) is 16.8 Å². The number of furan rings is 1. The van der Waals surface area contributed by atoms with Crippen LogP contribution in [0.4, 0.5) is 5.69 Å². The number of carbonyl (C=O) groups is 1. The molecule has 0 saturated heterocycles. The number of allylic oxidation sites excluding steroid dienone is 1. The van der Waals surface area contributed by atoms with Crippen molar-refractivity contribution in [1.82, 2.24) is 5.43 Å². The Morgan fingerprint density at radius 3 is 2.81 bits per heavy atom. The van der Waals surface area contributed by atoms with Crippen LogP contribution in [0.15, 0.2) is 56.5 Å². The number of carbonyl (C=O) groups excluding carboxylic acids is 1. The Balaban J connectivity index is 1.57. The third-order valence-electron chi connectivity index (χ3n) is 5.62. The summed E-state index contributed by atoms with van der Waals surface area (Å²) in [5.41, 5.74) is 7.26. The number of halogens is 2. The molecule has 2 heterocycles. The van der Waals surface area contributed by atoms with E-state index in [1.54, 1.807) is 12.3 Å². The van der Waals surface area contributed by atoms with Crippen molar-refractivity contribution in [2.24, 2.45) is 5.10 Å². The standard InChI is InChI=1S/C25H25BrClN3O2/c1-5-8-30-21-12-20(27)17(10-19(21)15(2)13-25(30,3)4)14-28-29-24(31)23-11-16-9-18(26)6-7-22(16)32-23/h6-7,9-14H,5,8H2,1-4H3,(H,29,31)/b28-14+. The largest absolute Gasteiger partial charge is 0.451 e. The van der Waals surface area contributed by atoms with Crippen LogP contribution >= 0.6 is 27.5 Å². The van der Waals surface area contributed by atoms with Gasteiger partial charge in [0, 0.05) is 33.2 Å². The fourth-order valence-corrected chi connectivity index (χ4v) is 4.77. The summed E-state index contributed by atoms with van der Waals surface area (Å²) in [5.74, 6) is -0.224. The minimum absolute atomic E-state index is 0.0812. The smallest absolute Gasteiger partial charge is 0.307 e. The van der Waals surface area contributed by atoms with E-state index in [0.29, 0.717) is 10.6 Å². The van der Waals surface area contributed by atoms with Gasteiger partial charge < -0.3 is 9.32 Å². The number of amides is 1. The van der Waals surface area contributed by atoms with Gasteiger partial charge in [-0.05, 0) is 69.2 Å². The molecule has 0 aliphatic carbocycles. The first-order valence-corrected chi connectivity index (χ1v) is 11.7. The van der Waals surface area contributed by atoms with E-state index in [4.69, 9.17) is 16.0 Å². The lowest BCUT2D eigenvalue weighted by Gasteiger charge is -2.43. The van der Waals surface area contributed by atoms with Gasteiger partial charge in [0.15, 0.2) is 5.76 Å². The Morgan fingerprint density at radius 2 is 2.06 bits per heavy atom. The van der Waals surface area contributed by atoms with Crippen molar-refractivity contribution in [2.45, 2.75) is 39.7 Å². The highest BCUT2D eigenvalue weighted by molar-refractivity contribution is 9.10. The number of rotatable bonds is 5. The molecule has 5 nitrogen and oxygen atoms in total. The number of nitrogens with one attached hydrogen (secondary N) is 1. The van der Waals surface area contributed by atoms with Crippen molar-refractivity contribution >= 4 is 61.9 Å². The van der Waals surface area contributed by atoms with Gasteiger partial charge in [-0.2, -0.15) is 5.10 Å². The molecule has 1 aromatic heterocycles. The maximum absolute atomic E-state index is 12.5. The summed E-state index contributed by atoms with van der Waals surface area (Å²) in [7, 11) is 0. The summed E-state index contributed by atoms with van der Waals surface area (Å²) >= 11 is 10.0. The van der Waals surface area contributed by atoms with E-state index in [1.807, 2.05) is 30.3 Å². The van der Waals surface area contributed by atoms with E-state index < -0.39 is 5.91 Å². The normalized spacial score (nSPS) is 15.2. The summed E-state index contributed by atoms with van der Waals surface area (Å²) in [6, 6.07) is 11.3. The molecule has 7 heteroatoms. The first-order chi connectivity index (χ1) is 15.2. The van der Waals surface area contributed by atoms with Gasteiger partial charge in [-0.25, -0.2) is 5.43 Å². The number of hydrazone groups is 1. The van der Waals surface area contributed by atoms with Crippen LogP contribution in [0, 0.1) is 0 Å². The lowest BCUT2D eigenvalue weighted by Crippen LogP contribution is -2.45. The zero-order valence-electron chi connectivity index (χ0n) is 18.5. The van der Waals surface area contributed by atoms with Gasteiger partial charge in [-0.15, -0.1) is 0 Å². The second-order valence-corrected chi connectivity index (χ2v) is 9.84. The highest BCUT2D eigenvalue weighted by atomic mass is 79.9. The van der Waals surface area contributed by atoms with Gasteiger partial charge in [0.1, 0.15) is 5.58 Å². The Labute approximate surface area is 201 Å². The minimum atomic E-state index is -0.422. The summed E-state index contributed by atoms with van der Waals surface area (Å²) in [4.78, 5) is 14.8. The Morgan fingerprint density at radius 1 is 1.28 bits per heavy atom. The number of fused-ring (bicyclic) bond motifs is 2. The van der Waals surface area contributed by atoms with Gasteiger partial charge in [-0.1, -0.05) is 40.5 Å². The molecule has 0 spiro atoms. The molecule has 2 aromatic carbocycles. The molecule has 0 radical (unpaired) electrons. The molecular weight excluding hydrogens is 490 g/mol. The van der Waals surface area contributed by atoms with Gasteiger partial charge in [0.2, 0.25) is 0 Å². The highest BCUT2D eigenvalue weighted by Gasteiger charge is 2.31. The number of nitrogens with zero attached hydrogens (tertiary/aromatic N) is 2. The topological polar surface area (TPSA) is 57.8 Å². The minimum Gasteiger partial charge on any atom is -0.451 e. The number of hydrogen-bond donors (Lipinski definition) is 1. The lowest BCUT2D eigenvalue weighted by molar-refractivity contribution is 0.0929. The summed E-state index contributed by atoms with van der Waals surface area (Å²) in [5, 5.41) is 5.54. The molecule has 1 aliphatic rings. The molecule has 0 unspecified atom stereocenters. The lowest BCUT2D eigenvalue weighted by atomic mass is 9.88. The molecule has 1 amide bonds. The SMILES string of the molecule is CCCN1c2cc(Cl)c(/C=N/NC(=O)c3cc4cc(Br)ccc4o3)cc2C(C)=CC1(C)C. The van der Waals surface area contributed by atoms with Crippen LogP contribution in [0.2, 0.25) is 5.02 Å². The van der Waals surface area contributed by atoms with E-state index in [2.05, 4.69) is 65.1 Å². The Hall–Kier alpha value is -2.57. The molecule has 4 rings (SSSR count). The average Bonchev–Trinajstić information content (AvgIpc) is 3.14. The van der Waals surface area contributed by atoms with Gasteiger partial charge >= 0.3 is 5.91 Å². The quantitative estimate of drug-likeness (QED) is 0.294. The van der Waals surface area contributed by atoms with Gasteiger partial charge in [0.25, 0.3) is 0 Å². The fourth-order valence-electron chi connectivity index (χ4n) is 4.19. The predicted molar refractivity (Wildman–Crippen MR) is 136 cm³/mol. The highest BCUT2D eigenvalue weighted by Crippen LogP contribution is 2.41. The van der Waals surface area contributed by atoms with Crippen molar-refractivity contribution in [3.63, 3.8) is 0 Å².